The normalized spacial score (nSPS) is 36.2. The van der Waals surface area contributed by atoms with Crippen molar-refractivity contribution < 1.29 is 4.79 Å². The molecule has 0 aromatic heterocycles. The maximum atomic E-state index is 11.0. The van der Waals surface area contributed by atoms with Gasteiger partial charge < -0.3 is 5.32 Å². The second-order valence-corrected chi connectivity index (χ2v) is 3.35. The molecule has 1 heterocycles. The third kappa shape index (κ3) is 1.17. The third-order valence-corrected chi connectivity index (χ3v) is 2.61. The summed E-state index contributed by atoms with van der Waals surface area (Å²) in [6.07, 6.45) is 8.80. The number of carbonyl (C=O) groups excluding carboxylic acids is 1. The van der Waals surface area contributed by atoms with Crippen molar-refractivity contribution in [3.8, 4) is 0 Å². The van der Waals surface area contributed by atoms with E-state index in [1.807, 2.05) is 0 Å². The van der Waals surface area contributed by atoms with Gasteiger partial charge in [0, 0.05) is 6.04 Å². The third-order valence-electron chi connectivity index (χ3n) is 2.61. The molecule has 0 saturated carbocycles. The molecule has 1 aliphatic carbocycles. The molecule has 11 heavy (non-hydrogen) atoms. The van der Waals surface area contributed by atoms with E-state index in [1.165, 1.54) is 0 Å². The Kier molecular flexibility index (Phi) is 1.68. The molecule has 1 saturated heterocycles. The summed E-state index contributed by atoms with van der Waals surface area (Å²) in [7, 11) is 0. The molecule has 0 radical (unpaired) electrons. The molecular formula is C9H13NO. The molecule has 2 rings (SSSR count). The van der Waals surface area contributed by atoms with Crippen LogP contribution in [0.25, 0.3) is 0 Å². The lowest BCUT2D eigenvalue weighted by atomic mass is 9.82. The van der Waals surface area contributed by atoms with Crippen LogP contribution in [-0.4, -0.2) is 11.9 Å². The van der Waals surface area contributed by atoms with Gasteiger partial charge in [0.05, 0.1) is 5.92 Å². The van der Waals surface area contributed by atoms with Crippen molar-refractivity contribution in [3.05, 3.63) is 12.2 Å². The smallest absolute Gasteiger partial charge is 0.225 e. The van der Waals surface area contributed by atoms with Crippen molar-refractivity contribution in [3.63, 3.8) is 0 Å². The van der Waals surface area contributed by atoms with Crippen molar-refractivity contribution >= 4 is 5.91 Å². The molecule has 0 aromatic rings. The van der Waals surface area contributed by atoms with E-state index in [4.69, 9.17) is 0 Å². The molecular weight excluding hydrogens is 138 g/mol. The molecule has 0 spiro atoms. The first kappa shape index (κ1) is 6.89. The van der Waals surface area contributed by atoms with E-state index in [9.17, 15) is 4.79 Å². The van der Waals surface area contributed by atoms with Gasteiger partial charge in [0.2, 0.25) is 5.91 Å². The average Bonchev–Trinajstić information content (AvgIpc) is 1.96. The standard InChI is InChI=1S/C9H13NO/c11-9-7-5-3-1-2-4-6-8(7)10-9/h1-2,7-8H,3-6H2,(H,10,11)/t7?,8-/m1/s1. The van der Waals surface area contributed by atoms with Gasteiger partial charge in [-0.05, 0) is 25.7 Å². The fourth-order valence-corrected chi connectivity index (χ4v) is 1.87. The van der Waals surface area contributed by atoms with Gasteiger partial charge in [-0.1, -0.05) is 12.2 Å². The van der Waals surface area contributed by atoms with Gasteiger partial charge in [-0.3, -0.25) is 4.79 Å². The molecule has 1 aliphatic heterocycles. The van der Waals surface area contributed by atoms with Crippen molar-refractivity contribution in [2.24, 2.45) is 5.92 Å². The molecule has 1 N–H and O–H groups in total. The van der Waals surface area contributed by atoms with E-state index in [1.54, 1.807) is 0 Å². The summed E-state index contributed by atoms with van der Waals surface area (Å²) in [6, 6.07) is 0.493. The van der Waals surface area contributed by atoms with Crippen LogP contribution in [0.1, 0.15) is 25.7 Å². The van der Waals surface area contributed by atoms with Crippen molar-refractivity contribution in [2.75, 3.05) is 0 Å². The lowest BCUT2D eigenvalue weighted by Crippen LogP contribution is -2.57. The van der Waals surface area contributed by atoms with Crippen LogP contribution >= 0.6 is 0 Å². The SMILES string of the molecule is O=C1N[C@@H]2CCC=CCCC12. The van der Waals surface area contributed by atoms with E-state index in [0.29, 0.717) is 12.0 Å². The number of carbonyl (C=O) groups is 1. The molecule has 1 unspecified atom stereocenters. The second-order valence-electron chi connectivity index (χ2n) is 3.35. The zero-order chi connectivity index (χ0) is 7.68. The number of β-lactam (4-membered cyclic amide) rings is 1. The van der Waals surface area contributed by atoms with Crippen molar-refractivity contribution in [1.82, 2.24) is 5.32 Å². The molecule has 2 atom stereocenters. The highest BCUT2D eigenvalue weighted by Gasteiger charge is 2.37. The Balaban J connectivity index is 2.00. The minimum atomic E-state index is 0.269. The van der Waals surface area contributed by atoms with Crippen molar-refractivity contribution in [1.29, 1.82) is 0 Å². The predicted octanol–water partition coefficient (Wildman–Crippen LogP) is 1.23. The molecule has 1 amide bonds. The Morgan fingerprint density at radius 2 is 2.00 bits per heavy atom. The van der Waals surface area contributed by atoms with Crippen LogP contribution in [0.5, 0.6) is 0 Å². The summed E-state index contributed by atoms with van der Waals surface area (Å²) in [5.41, 5.74) is 0. The molecule has 0 aromatic carbocycles. The molecule has 2 nitrogen and oxygen atoms in total. The maximum absolute atomic E-state index is 11.0. The maximum Gasteiger partial charge on any atom is 0.225 e. The zero-order valence-corrected chi connectivity index (χ0v) is 6.55. The molecule has 60 valence electrons. The Bertz CT molecular complexity index is 198. The van der Waals surface area contributed by atoms with Crippen molar-refractivity contribution in [2.45, 2.75) is 31.7 Å². The summed E-state index contributed by atoms with van der Waals surface area (Å²) in [4.78, 5) is 11.0. The van der Waals surface area contributed by atoms with Crippen LogP contribution in [0.2, 0.25) is 0 Å². The average molecular weight is 151 g/mol. The molecule has 0 bridgehead atoms. The number of allylic oxidation sites excluding steroid dienone is 2. The van der Waals surface area contributed by atoms with E-state index >= 15 is 0 Å². The summed E-state index contributed by atoms with van der Waals surface area (Å²) in [6.45, 7) is 0. The lowest BCUT2D eigenvalue weighted by Gasteiger charge is -2.37. The van der Waals surface area contributed by atoms with Crippen LogP contribution in [0.4, 0.5) is 0 Å². The van der Waals surface area contributed by atoms with Crippen LogP contribution in [0.15, 0.2) is 12.2 Å². The minimum absolute atomic E-state index is 0.269. The quantitative estimate of drug-likeness (QED) is 0.409. The Hall–Kier alpha value is -0.790. The number of fused-ring (bicyclic) bond motifs is 1. The number of hydrogen-bond acceptors (Lipinski definition) is 1. The number of rotatable bonds is 0. The van der Waals surface area contributed by atoms with E-state index < -0.39 is 0 Å². The van der Waals surface area contributed by atoms with Gasteiger partial charge in [-0.2, -0.15) is 0 Å². The highest BCUT2D eigenvalue weighted by Crippen LogP contribution is 2.26. The Morgan fingerprint density at radius 3 is 2.73 bits per heavy atom. The number of nitrogens with one attached hydrogen (secondary N) is 1. The first-order chi connectivity index (χ1) is 5.38. The Labute approximate surface area is 66.7 Å². The highest BCUT2D eigenvalue weighted by molar-refractivity contribution is 5.85. The molecule has 2 heteroatoms. The minimum Gasteiger partial charge on any atom is -0.352 e. The van der Waals surface area contributed by atoms with Crippen LogP contribution in [0, 0.1) is 5.92 Å². The van der Waals surface area contributed by atoms with Gasteiger partial charge in [0.15, 0.2) is 0 Å². The largest absolute Gasteiger partial charge is 0.352 e. The molecule has 2 aliphatic rings. The fourth-order valence-electron chi connectivity index (χ4n) is 1.87. The van der Waals surface area contributed by atoms with E-state index in [2.05, 4.69) is 17.5 Å². The first-order valence-corrected chi connectivity index (χ1v) is 4.33. The van der Waals surface area contributed by atoms with E-state index in [0.717, 1.165) is 25.7 Å². The Morgan fingerprint density at radius 1 is 1.27 bits per heavy atom. The summed E-state index contributed by atoms with van der Waals surface area (Å²) in [5, 5.41) is 2.94. The number of amides is 1. The summed E-state index contributed by atoms with van der Waals surface area (Å²) >= 11 is 0. The summed E-state index contributed by atoms with van der Waals surface area (Å²) < 4.78 is 0. The van der Waals surface area contributed by atoms with Gasteiger partial charge >= 0.3 is 0 Å². The molecule has 1 fully saturated rings. The summed E-state index contributed by atoms with van der Waals surface area (Å²) in [5.74, 6) is 0.602. The fraction of sp³-hybridized carbons (Fsp3) is 0.667. The zero-order valence-electron chi connectivity index (χ0n) is 6.55. The van der Waals surface area contributed by atoms with Crippen LogP contribution < -0.4 is 5.32 Å². The highest BCUT2D eigenvalue weighted by atomic mass is 16.2. The first-order valence-electron chi connectivity index (χ1n) is 4.33. The van der Waals surface area contributed by atoms with Crippen LogP contribution in [-0.2, 0) is 4.79 Å². The lowest BCUT2D eigenvalue weighted by molar-refractivity contribution is -0.135. The van der Waals surface area contributed by atoms with E-state index in [-0.39, 0.29) is 5.91 Å². The predicted molar refractivity (Wildman–Crippen MR) is 43.0 cm³/mol. The van der Waals surface area contributed by atoms with Gasteiger partial charge in [0.1, 0.15) is 0 Å². The van der Waals surface area contributed by atoms with Gasteiger partial charge in [-0.15, -0.1) is 0 Å². The number of hydrogen-bond donors (Lipinski definition) is 1. The monoisotopic (exact) mass is 151 g/mol. The van der Waals surface area contributed by atoms with Gasteiger partial charge in [-0.25, -0.2) is 0 Å². The topological polar surface area (TPSA) is 29.1 Å². The van der Waals surface area contributed by atoms with Crippen LogP contribution in [0.3, 0.4) is 0 Å². The second kappa shape index (κ2) is 2.68. The van der Waals surface area contributed by atoms with Gasteiger partial charge in [0.25, 0.3) is 0 Å².